The summed E-state index contributed by atoms with van der Waals surface area (Å²) in [6.45, 7) is 0. The molecule has 3 aromatic carbocycles. The molecular weight excluding hydrogens is 391 g/mol. The highest BCUT2D eigenvalue weighted by Gasteiger charge is 2.14. The van der Waals surface area contributed by atoms with Crippen molar-refractivity contribution in [1.29, 1.82) is 0 Å². The number of aromatic nitrogens is 2. The smallest absolute Gasteiger partial charge is 0.222 e. The Balaban J connectivity index is 1.85. The molecule has 0 saturated heterocycles. The van der Waals surface area contributed by atoms with E-state index in [4.69, 9.17) is 34.7 Å². The average molecular weight is 409 g/mol. The van der Waals surface area contributed by atoms with E-state index in [-0.39, 0.29) is 5.95 Å². The molecule has 0 atom stereocenters. The lowest BCUT2D eigenvalue weighted by atomic mass is 9.92. The second-order valence-corrected chi connectivity index (χ2v) is 7.54. The molecule has 1 aromatic heterocycles. The highest BCUT2D eigenvalue weighted by molar-refractivity contribution is 6.30. The van der Waals surface area contributed by atoms with Gasteiger partial charge in [-0.1, -0.05) is 53.5 Å². The van der Waals surface area contributed by atoms with Gasteiger partial charge in [0, 0.05) is 15.4 Å². The summed E-state index contributed by atoms with van der Waals surface area (Å²) in [6, 6.07) is 19.7. The Hall–Kier alpha value is -2.82. The van der Waals surface area contributed by atoms with E-state index in [1.807, 2.05) is 54.6 Å². The van der Waals surface area contributed by atoms with Crippen LogP contribution >= 0.6 is 23.2 Å². The van der Waals surface area contributed by atoms with Gasteiger partial charge in [-0.15, -0.1) is 0 Å². The molecular formula is C22H18Cl2N4. The number of hydrogen-bond acceptors (Lipinski definition) is 4. The van der Waals surface area contributed by atoms with Crippen LogP contribution in [0.4, 0.5) is 11.8 Å². The van der Waals surface area contributed by atoms with Gasteiger partial charge in [-0.2, -0.15) is 4.98 Å². The van der Waals surface area contributed by atoms with E-state index in [2.05, 4.69) is 16.0 Å². The minimum absolute atomic E-state index is 0.174. The minimum atomic E-state index is 0.174. The summed E-state index contributed by atoms with van der Waals surface area (Å²) in [7, 11) is 0. The SMILES string of the molecule is Nc1nc(N)c2c(Cc3ccc(Cl)cc3)c(Cc3ccc(Cl)cc3)ccc2n1. The van der Waals surface area contributed by atoms with Gasteiger partial charge >= 0.3 is 0 Å². The molecule has 4 N–H and O–H groups in total. The van der Waals surface area contributed by atoms with Crippen LogP contribution < -0.4 is 11.5 Å². The molecule has 0 bridgehead atoms. The first kappa shape index (κ1) is 18.5. The van der Waals surface area contributed by atoms with Gasteiger partial charge < -0.3 is 11.5 Å². The Morgan fingerprint density at radius 3 is 1.86 bits per heavy atom. The van der Waals surface area contributed by atoms with Gasteiger partial charge in [0.1, 0.15) is 5.82 Å². The molecule has 0 aliphatic heterocycles. The first-order chi connectivity index (χ1) is 13.5. The van der Waals surface area contributed by atoms with Crippen LogP contribution in [0, 0.1) is 0 Å². The molecule has 4 nitrogen and oxygen atoms in total. The lowest BCUT2D eigenvalue weighted by Gasteiger charge is -2.15. The summed E-state index contributed by atoms with van der Waals surface area (Å²) in [4.78, 5) is 8.54. The summed E-state index contributed by atoms with van der Waals surface area (Å²) in [6.07, 6.45) is 1.44. The third kappa shape index (κ3) is 3.88. The maximum absolute atomic E-state index is 6.25. The lowest BCUT2D eigenvalue weighted by Crippen LogP contribution is -2.05. The van der Waals surface area contributed by atoms with Crippen LogP contribution in [0.2, 0.25) is 10.0 Å². The monoisotopic (exact) mass is 408 g/mol. The highest BCUT2D eigenvalue weighted by Crippen LogP contribution is 2.30. The van der Waals surface area contributed by atoms with Crippen molar-refractivity contribution in [2.45, 2.75) is 12.8 Å². The lowest BCUT2D eigenvalue weighted by molar-refractivity contribution is 1.10. The van der Waals surface area contributed by atoms with E-state index < -0.39 is 0 Å². The summed E-state index contributed by atoms with van der Waals surface area (Å²) in [5.74, 6) is 0.567. The molecule has 0 unspecified atom stereocenters. The van der Waals surface area contributed by atoms with Gasteiger partial charge in [0.2, 0.25) is 5.95 Å². The van der Waals surface area contributed by atoms with E-state index in [1.54, 1.807) is 0 Å². The summed E-state index contributed by atoms with van der Waals surface area (Å²) >= 11 is 12.1. The number of hydrogen-bond donors (Lipinski definition) is 2. The number of anilines is 2. The average Bonchev–Trinajstić information content (AvgIpc) is 2.66. The zero-order valence-corrected chi connectivity index (χ0v) is 16.5. The van der Waals surface area contributed by atoms with Gasteiger partial charge in [-0.25, -0.2) is 4.98 Å². The van der Waals surface area contributed by atoms with E-state index in [9.17, 15) is 0 Å². The number of fused-ring (bicyclic) bond motifs is 1. The fraction of sp³-hybridized carbons (Fsp3) is 0.0909. The third-order valence-electron chi connectivity index (χ3n) is 4.72. The number of benzene rings is 3. The fourth-order valence-corrected chi connectivity index (χ4v) is 3.63. The Labute approximate surface area is 173 Å². The zero-order valence-electron chi connectivity index (χ0n) is 15.0. The number of nitrogens with zero attached hydrogens (tertiary/aromatic N) is 2. The highest BCUT2D eigenvalue weighted by atomic mass is 35.5. The van der Waals surface area contributed by atoms with Crippen molar-refractivity contribution in [3.05, 3.63) is 93.0 Å². The van der Waals surface area contributed by atoms with Crippen LogP contribution in [0.1, 0.15) is 22.3 Å². The van der Waals surface area contributed by atoms with Crippen molar-refractivity contribution in [1.82, 2.24) is 9.97 Å². The molecule has 0 aliphatic carbocycles. The molecule has 0 amide bonds. The summed E-state index contributed by atoms with van der Waals surface area (Å²) in [5.41, 5.74) is 17.3. The number of rotatable bonds is 4. The first-order valence-corrected chi connectivity index (χ1v) is 9.57. The van der Waals surface area contributed by atoms with Crippen molar-refractivity contribution >= 4 is 45.9 Å². The van der Waals surface area contributed by atoms with E-state index in [1.165, 1.54) is 0 Å². The second kappa shape index (κ2) is 7.66. The van der Waals surface area contributed by atoms with E-state index in [0.717, 1.165) is 44.6 Å². The molecule has 28 heavy (non-hydrogen) atoms. The fourth-order valence-electron chi connectivity index (χ4n) is 3.38. The topological polar surface area (TPSA) is 77.8 Å². The van der Waals surface area contributed by atoms with E-state index >= 15 is 0 Å². The molecule has 4 rings (SSSR count). The Morgan fingerprint density at radius 2 is 1.25 bits per heavy atom. The molecule has 0 fully saturated rings. The summed E-state index contributed by atoms with van der Waals surface area (Å²) < 4.78 is 0. The number of halogens is 2. The molecule has 6 heteroatoms. The molecule has 1 heterocycles. The van der Waals surface area contributed by atoms with Gasteiger partial charge in [0.25, 0.3) is 0 Å². The zero-order chi connectivity index (χ0) is 19.7. The molecule has 4 aromatic rings. The molecule has 0 saturated carbocycles. The number of nitrogens with two attached hydrogens (primary N) is 2. The van der Waals surface area contributed by atoms with Crippen molar-refractivity contribution < 1.29 is 0 Å². The largest absolute Gasteiger partial charge is 0.383 e. The Bertz CT molecular complexity index is 1140. The van der Waals surface area contributed by atoms with Gasteiger partial charge in [-0.3, -0.25) is 0 Å². The Morgan fingerprint density at radius 1 is 0.679 bits per heavy atom. The second-order valence-electron chi connectivity index (χ2n) is 6.67. The molecule has 0 spiro atoms. The molecule has 0 radical (unpaired) electrons. The Kier molecular flexibility index (Phi) is 5.07. The van der Waals surface area contributed by atoms with Crippen LogP contribution in [0.5, 0.6) is 0 Å². The molecule has 140 valence electrons. The maximum Gasteiger partial charge on any atom is 0.222 e. The van der Waals surface area contributed by atoms with Gasteiger partial charge in [0.15, 0.2) is 0 Å². The van der Waals surface area contributed by atoms with E-state index in [0.29, 0.717) is 17.3 Å². The van der Waals surface area contributed by atoms with Crippen LogP contribution in [0.15, 0.2) is 60.7 Å². The van der Waals surface area contributed by atoms with Crippen molar-refractivity contribution in [3.63, 3.8) is 0 Å². The molecule has 0 aliphatic rings. The predicted molar refractivity (Wildman–Crippen MR) is 117 cm³/mol. The van der Waals surface area contributed by atoms with Crippen molar-refractivity contribution in [3.8, 4) is 0 Å². The van der Waals surface area contributed by atoms with Crippen LogP contribution in [0.25, 0.3) is 10.9 Å². The van der Waals surface area contributed by atoms with Crippen molar-refractivity contribution in [2.24, 2.45) is 0 Å². The normalized spacial score (nSPS) is 11.1. The maximum atomic E-state index is 6.25. The van der Waals surface area contributed by atoms with Crippen LogP contribution in [-0.4, -0.2) is 9.97 Å². The summed E-state index contributed by atoms with van der Waals surface area (Å²) in [5, 5.41) is 2.27. The minimum Gasteiger partial charge on any atom is -0.383 e. The van der Waals surface area contributed by atoms with Crippen LogP contribution in [0.3, 0.4) is 0 Å². The number of nitrogen functional groups attached to an aromatic ring is 2. The van der Waals surface area contributed by atoms with Gasteiger partial charge in [0.05, 0.1) is 5.52 Å². The first-order valence-electron chi connectivity index (χ1n) is 8.82. The third-order valence-corrected chi connectivity index (χ3v) is 5.22. The van der Waals surface area contributed by atoms with Crippen molar-refractivity contribution in [2.75, 3.05) is 11.5 Å². The van der Waals surface area contributed by atoms with Gasteiger partial charge in [-0.05, 0) is 65.4 Å². The predicted octanol–water partition coefficient (Wildman–Crippen LogP) is 5.28. The van der Waals surface area contributed by atoms with Crippen LogP contribution in [-0.2, 0) is 12.8 Å². The quantitative estimate of drug-likeness (QED) is 0.481. The standard InChI is InChI=1S/C22H18Cl2N4/c23-16-6-1-13(2-7-16)11-15-5-10-19-20(21(25)28-22(26)27-19)18(15)12-14-3-8-17(24)9-4-14/h1-10H,11-12H2,(H4,25,26,27,28).